The van der Waals surface area contributed by atoms with Crippen molar-refractivity contribution < 1.29 is 14.4 Å². The predicted molar refractivity (Wildman–Crippen MR) is 71.5 cm³/mol. The molecule has 2 rings (SSSR count). The van der Waals surface area contributed by atoms with E-state index in [0.717, 1.165) is 0 Å². The number of para-hydroxylation sites is 1. The zero-order valence-corrected chi connectivity index (χ0v) is 11.4. The fraction of sp³-hybridized carbons (Fsp3) is 0.500. The summed E-state index contributed by atoms with van der Waals surface area (Å²) in [5.41, 5.74) is 0.258. The number of nitro benzene ring substituents is 1. The lowest BCUT2D eigenvalue weighted by molar-refractivity contribution is -0.383. The van der Waals surface area contributed by atoms with Gasteiger partial charge in [-0.3, -0.25) is 10.1 Å². The normalized spacial score (nSPS) is 21.3. The second-order valence-electron chi connectivity index (χ2n) is 4.72. The lowest BCUT2D eigenvalue weighted by Crippen LogP contribution is -2.26. The quantitative estimate of drug-likeness (QED) is 0.680. The molecule has 0 amide bonds. The van der Waals surface area contributed by atoms with Crippen molar-refractivity contribution in [2.24, 2.45) is 0 Å². The predicted octanol–water partition coefficient (Wildman–Crippen LogP) is 2.81. The van der Waals surface area contributed by atoms with E-state index in [1.807, 2.05) is 13.8 Å². The smallest absolute Gasteiger partial charge is 0.293 e. The third kappa shape index (κ3) is 3.34. The number of nitrogens with zero attached hydrogens (tertiary/aromatic N) is 1. The van der Waals surface area contributed by atoms with Crippen LogP contribution in [0.25, 0.3) is 0 Å². The van der Waals surface area contributed by atoms with Crippen LogP contribution in [-0.4, -0.2) is 30.0 Å². The molecule has 1 aliphatic heterocycles. The van der Waals surface area contributed by atoms with Gasteiger partial charge in [-0.25, -0.2) is 0 Å². The fourth-order valence-electron chi connectivity index (χ4n) is 1.92. The van der Waals surface area contributed by atoms with E-state index in [-0.39, 0.29) is 11.8 Å². The molecule has 1 saturated heterocycles. The van der Waals surface area contributed by atoms with Gasteiger partial charge >= 0.3 is 0 Å². The Morgan fingerprint density at radius 3 is 2.89 bits per heavy atom. The second kappa shape index (κ2) is 5.32. The van der Waals surface area contributed by atoms with E-state index in [1.54, 1.807) is 12.1 Å². The summed E-state index contributed by atoms with van der Waals surface area (Å²) in [6.45, 7) is 4.49. The van der Waals surface area contributed by atoms with E-state index < -0.39 is 10.7 Å². The summed E-state index contributed by atoms with van der Waals surface area (Å²) in [5, 5.41) is 14.2. The Kier molecular flexibility index (Phi) is 3.93. The third-order valence-electron chi connectivity index (χ3n) is 2.76. The minimum atomic E-state index is -0.612. The lowest BCUT2D eigenvalue weighted by atomic mass is 10.2. The monoisotopic (exact) mass is 286 g/mol. The highest BCUT2D eigenvalue weighted by Crippen LogP contribution is 2.32. The second-order valence-corrected chi connectivity index (χ2v) is 5.13. The van der Waals surface area contributed by atoms with Gasteiger partial charge in [0.1, 0.15) is 11.8 Å². The van der Waals surface area contributed by atoms with Crippen LogP contribution in [0, 0.1) is 10.1 Å². The average Bonchev–Trinajstić information content (AvgIpc) is 2.67. The molecule has 1 aliphatic rings. The van der Waals surface area contributed by atoms with Crippen LogP contribution in [0.5, 0.6) is 0 Å². The molecule has 1 unspecified atom stereocenters. The summed E-state index contributed by atoms with van der Waals surface area (Å²) < 4.78 is 11.0. The molecule has 0 bridgehead atoms. The molecule has 0 radical (unpaired) electrons. The number of nitro groups is 1. The largest absolute Gasteiger partial charge is 0.376 e. The maximum atomic E-state index is 10.9. The highest BCUT2D eigenvalue weighted by molar-refractivity contribution is 6.33. The Bertz CT molecular complexity index is 493. The lowest BCUT2D eigenvalue weighted by Gasteiger charge is -2.17. The summed E-state index contributed by atoms with van der Waals surface area (Å²) in [6.07, 6.45) is -0.161. The SMILES string of the molecule is CC1(C)OCC(CNc2c(Cl)cccc2[N+](=O)[O-])O1. The number of ether oxygens (including phenoxy) is 2. The number of benzene rings is 1. The molecule has 1 aromatic carbocycles. The first-order valence-electron chi connectivity index (χ1n) is 5.87. The van der Waals surface area contributed by atoms with Gasteiger partial charge in [-0.15, -0.1) is 0 Å². The number of rotatable bonds is 4. The van der Waals surface area contributed by atoms with Crippen molar-refractivity contribution >= 4 is 23.0 Å². The number of hydrogen-bond donors (Lipinski definition) is 1. The van der Waals surface area contributed by atoms with E-state index in [1.165, 1.54) is 6.07 Å². The summed E-state index contributed by atoms with van der Waals surface area (Å²) >= 11 is 5.98. The first-order chi connectivity index (χ1) is 8.89. The van der Waals surface area contributed by atoms with Crippen molar-refractivity contribution in [1.82, 2.24) is 0 Å². The van der Waals surface area contributed by atoms with Crippen LogP contribution in [0.15, 0.2) is 18.2 Å². The minimum absolute atomic E-state index is 0.0503. The van der Waals surface area contributed by atoms with Crippen molar-refractivity contribution in [2.45, 2.75) is 25.7 Å². The van der Waals surface area contributed by atoms with E-state index in [9.17, 15) is 10.1 Å². The van der Waals surface area contributed by atoms with Crippen molar-refractivity contribution in [2.75, 3.05) is 18.5 Å². The molecule has 7 heteroatoms. The number of nitrogens with one attached hydrogen (secondary N) is 1. The molecule has 104 valence electrons. The van der Waals surface area contributed by atoms with Gasteiger partial charge in [-0.1, -0.05) is 17.7 Å². The van der Waals surface area contributed by atoms with Crippen LogP contribution < -0.4 is 5.32 Å². The Morgan fingerprint density at radius 1 is 1.58 bits per heavy atom. The van der Waals surface area contributed by atoms with Crippen molar-refractivity contribution in [3.63, 3.8) is 0 Å². The van der Waals surface area contributed by atoms with Crippen LogP contribution in [-0.2, 0) is 9.47 Å². The Morgan fingerprint density at radius 2 is 2.32 bits per heavy atom. The van der Waals surface area contributed by atoms with Crippen LogP contribution in [0.1, 0.15) is 13.8 Å². The van der Waals surface area contributed by atoms with Crippen molar-refractivity contribution in [3.8, 4) is 0 Å². The molecule has 1 heterocycles. The van der Waals surface area contributed by atoms with Crippen molar-refractivity contribution in [1.29, 1.82) is 0 Å². The molecule has 19 heavy (non-hydrogen) atoms. The van der Waals surface area contributed by atoms with E-state index in [2.05, 4.69) is 5.32 Å². The molecule has 6 nitrogen and oxygen atoms in total. The minimum Gasteiger partial charge on any atom is -0.376 e. The van der Waals surface area contributed by atoms with Gasteiger partial charge < -0.3 is 14.8 Å². The molecule has 0 saturated carbocycles. The van der Waals surface area contributed by atoms with Gasteiger partial charge in [0.05, 0.1) is 16.6 Å². The van der Waals surface area contributed by atoms with Gasteiger partial charge in [0.15, 0.2) is 5.79 Å². The summed E-state index contributed by atoms with van der Waals surface area (Å²) in [6, 6.07) is 4.56. The first-order valence-corrected chi connectivity index (χ1v) is 6.25. The van der Waals surface area contributed by atoms with Crippen LogP contribution >= 0.6 is 11.6 Å². The molecule has 1 aromatic rings. The van der Waals surface area contributed by atoms with Crippen molar-refractivity contribution in [3.05, 3.63) is 33.3 Å². The van der Waals surface area contributed by atoms with Crippen LogP contribution in [0.4, 0.5) is 11.4 Å². The van der Waals surface area contributed by atoms with Gasteiger partial charge in [0, 0.05) is 12.6 Å². The van der Waals surface area contributed by atoms with Gasteiger partial charge in [0.2, 0.25) is 0 Å². The Labute approximate surface area is 115 Å². The summed E-state index contributed by atoms with van der Waals surface area (Å²) in [7, 11) is 0. The maximum Gasteiger partial charge on any atom is 0.293 e. The molecule has 0 spiro atoms. The Hall–Kier alpha value is -1.37. The van der Waals surface area contributed by atoms with Crippen LogP contribution in [0.3, 0.4) is 0 Å². The Balaban J connectivity index is 2.06. The highest BCUT2D eigenvalue weighted by Gasteiger charge is 2.32. The molecule has 1 N–H and O–H groups in total. The molecule has 0 aromatic heterocycles. The van der Waals surface area contributed by atoms with Gasteiger partial charge in [-0.05, 0) is 19.9 Å². The number of halogens is 1. The molecular formula is C12H15ClN2O4. The van der Waals surface area contributed by atoms with E-state index in [4.69, 9.17) is 21.1 Å². The molecule has 0 aliphatic carbocycles. The average molecular weight is 287 g/mol. The topological polar surface area (TPSA) is 73.6 Å². The zero-order valence-electron chi connectivity index (χ0n) is 10.7. The maximum absolute atomic E-state index is 10.9. The summed E-state index contributed by atoms with van der Waals surface area (Å²) in [5.74, 6) is -0.612. The van der Waals surface area contributed by atoms with Gasteiger partial charge in [0.25, 0.3) is 5.69 Å². The molecule has 1 atom stereocenters. The number of anilines is 1. The van der Waals surface area contributed by atoms with E-state index >= 15 is 0 Å². The summed E-state index contributed by atoms with van der Waals surface area (Å²) in [4.78, 5) is 10.5. The molecule has 1 fully saturated rings. The van der Waals surface area contributed by atoms with E-state index in [0.29, 0.717) is 23.9 Å². The highest BCUT2D eigenvalue weighted by atomic mass is 35.5. The third-order valence-corrected chi connectivity index (χ3v) is 3.08. The molecular weight excluding hydrogens is 272 g/mol. The zero-order chi connectivity index (χ0) is 14.0. The number of hydrogen-bond acceptors (Lipinski definition) is 5. The van der Waals surface area contributed by atoms with Gasteiger partial charge in [-0.2, -0.15) is 0 Å². The standard InChI is InChI=1S/C12H15ClN2O4/c1-12(2)18-7-8(19-12)6-14-11-9(13)4-3-5-10(11)15(16)17/h3-5,8,14H,6-7H2,1-2H3. The first kappa shape index (κ1) is 14.0. The fourth-order valence-corrected chi connectivity index (χ4v) is 2.16. The van der Waals surface area contributed by atoms with Crippen LogP contribution in [0.2, 0.25) is 5.02 Å².